The van der Waals surface area contributed by atoms with Crippen molar-refractivity contribution in [1.29, 1.82) is 0 Å². The predicted molar refractivity (Wildman–Crippen MR) is 118 cm³/mol. The molecule has 9 heteroatoms. The van der Waals surface area contributed by atoms with Gasteiger partial charge in [0.2, 0.25) is 0 Å². The monoisotopic (exact) mass is 447 g/mol. The van der Waals surface area contributed by atoms with Gasteiger partial charge in [-0.15, -0.1) is 0 Å². The molecule has 0 saturated heterocycles. The first kappa shape index (κ1) is 22.3. The van der Waals surface area contributed by atoms with Crippen molar-refractivity contribution in [3.05, 3.63) is 76.9 Å². The summed E-state index contributed by atoms with van der Waals surface area (Å²) < 4.78 is 38.3. The van der Waals surface area contributed by atoms with E-state index in [2.05, 4.69) is 46.7 Å². The van der Waals surface area contributed by atoms with E-state index in [9.17, 15) is 18.3 Å². The molecule has 3 heterocycles. The van der Waals surface area contributed by atoms with Gasteiger partial charge in [0.15, 0.2) is 0 Å². The highest BCUT2D eigenvalue weighted by Crippen LogP contribution is 2.32. The van der Waals surface area contributed by atoms with Crippen LogP contribution in [-0.2, 0) is 6.18 Å². The minimum absolute atomic E-state index is 0.102. The number of aliphatic hydroxyl groups is 1. The Balaban J connectivity index is 1.43. The topological polar surface area (TPSA) is 45.2 Å². The lowest BCUT2D eigenvalue weighted by molar-refractivity contribution is -0.137. The number of likely N-dealkylation sites (N-methyl/N-ethyl adjacent to an activating group) is 2. The second kappa shape index (κ2) is 8.55. The van der Waals surface area contributed by atoms with Gasteiger partial charge >= 0.3 is 6.18 Å². The van der Waals surface area contributed by atoms with E-state index in [4.69, 9.17) is 0 Å². The molecule has 1 unspecified atom stereocenters. The van der Waals surface area contributed by atoms with Gasteiger partial charge in [0.05, 0.1) is 24.4 Å². The summed E-state index contributed by atoms with van der Waals surface area (Å²) in [5.41, 5.74) is 7.45. The number of hydrogen-bond donors (Lipinski definition) is 2. The molecule has 32 heavy (non-hydrogen) atoms. The Morgan fingerprint density at radius 3 is 2.56 bits per heavy atom. The molecular formula is C23H28F3N5O. The molecule has 1 aromatic carbocycles. The Kier molecular flexibility index (Phi) is 5.96. The molecule has 0 radical (unpaired) electrons. The van der Waals surface area contributed by atoms with E-state index in [1.165, 1.54) is 12.1 Å². The molecule has 3 aliphatic heterocycles. The number of aliphatic hydroxyl groups excluding tert-OH is 1. The predicted octanol–water partition coefficient (Wildman–Crippen LogP) is 3.10. The van der Waals surface area contributed by atoms with Gasteiger partial charge in [0.25, 0.3) is 0 Å². The second-order valence-corrected chi connectivity index (χ2v) is 8.24. The summed E-state index contributed by atoms with van der Waals surface area (Å²) in [5, 5.41) is 12.0. The summed E-state index contributed by atoms with van der Waals surface area (Å²) in [6, 6.07) is 5.15. The minimum Gasteiger partial charge on any atom is -0.390 e. The lowest BCUT2D eigenvalue weighted by Gasteiger charge is -2.30. The number of nitrogens with one attached hydrogen (secondary N) is 1. The maximum Gasteiger partial charge on any atom is 0.416 e. The molecule has 0 saturated carbocycles. The molecule has 6 nitrogen and oxygen atoms in total. The fraction of sp³-hybridized carbons (Fsp3) is 0.391. The van der Waals surface area contributed by atoms with Crippen molar-refractivity contribution in [1.82, 2.24) is 20.2 Å². The third kappa shape index (κ3) is 4.22. The van der Waals surface area contributed by atoms with Crippen LogP contribution in [0.2, 0.25) is 0 Å². The van der Waals surface area contributed by atoms with Crippen LogP contribution >= 0.6 is 0 Å². The van der Waals surface area contributed by atoms with Gasteiger partial charge in [-0.2, -0.15) is 13.2 Å². The van der Waals surface area contributed by atoms with Gasteiger partial charge < -0.3 is 24.8 Å². The van der Waals surface area contributed by atoms with Gasteiger partial charge in [-0.3, -0.25) is 0 Å². The van der Waals surface area contributed by atoms with Crippen molar-refractivity contribution in [2.24, 2.45) is 0 Å². The van der Waals surface area contributed by atoms with E-state index in [1.54, 1.807) is 0 Å². The standard InChI is InChI=1S/C23H28F3N5O/c1-16-13-29(3)22-9-4-17(14-30(16)22)20-12-27-31(21(20)15-32)11-10-28(2)19-7-5-18(6-8-19)23(24,25)26/h4-9,13-14,22,27,32H,10-12,15H2,1-3H3. The highest BCUT2D eigenvalue weighted by atomic mass is 19.4. The van der Waals surface area contributed by atoms with Crippen molar-refractivity contribution in [2.75, 3.05) is 45.2 Å². The van der Waals surface area contributed by atoms with E-state index < -0.39 is 11.7 Å². The number of hydrogen-bond acceptors (Lipinski definition) is 6. The van der Waals surface area contributed by atoms with E-state index in [-0.39, 0.29) is 12.8 Å². The third-order valence-corrected chi connectivity index (χ3v) is 6.14. The summed E-state index contributed by atoms with van der Waals surface area (Å²) in [5.74, 6) is 0. The number of hydrazine groups is 1. The van der Waals surface area contributed by atoms with E-state index >= 15 is 0 Å². The van der Waals surface area contributed by atoms with Crippen LogP contribution in [0.15, 0.2) is 71.4 Å². The molecule has 0 fully saturated rings. The molecule has 0 spiro atoms. The maximum absolute atomic E-state index is 12.8. The maximum atomic E-state index is 12.8. The number of fused-ring (bicyclic) bond motifs is 1. The molecule has 1 atom stereocenters. The molecule has 0 bridgehead atoms. The molecule has 1 aromatic rings. The SMILES string of the molecule is CC1=CN(C)C2C=CC(C3=C(CO)N(CCN(C)c4ccc(C(F)(F)F)cc4)NC3)=CN12. The minimum atomic E-state index is -4.34. The fourth-order valence-electron chi connectivity index (χ4n) is 4.29. The number of anilines is 1. The summed E-state index contributed by atoms with van der Waals surface area (Å²) in [7, 11) is 3.88. The first-order valence-electron chi connectivity index (χ1n) is 10.5. The Hall–Kier alpha value is -2.91. The van der Waals surface area contributed by atoms with Crippen LogP contribution in [0.25, 0.3) is 0 Å². The van der Waals surface area contributed by atoms with Crippen molar-refractivity contribution in [3.8, 4) is 0 Å². The molecule has 3 aliphatic rings. The lowest BCUT2D eigenvalue weighted by Crippen LogP contribution is -2.39. The summed E-state index contributed by atoms with van der Waals surface area (Å²) in [4.78, 5) is 6.25. The molecule has 172 valence electrons. The van der Waals surface area contributed by atoms with Gasteiger partial charge in [0.1, 0.15) is 6.17 Å². The highest BCUT2D eigenvalue weighted by molar-refractivity contribution is 5.49. The van der Waals surface area contributed by atoms with Crippen molar-refractivity contribution in [2.45, 2.75) is 19.3 Å². The third-order valence-electron chi connectivity index (χ3n) is 6.14. The number of rotatable bonds is 6. The van der Waals surface area contributed by atoms with E-state index in [0.717, 1.165) is 34.7 Å². The van der Waals surface area contributed by atoms with Gasteiger partial charge in [-0.1, -0.05) is 6.08 Å². The first-order valence-corrected chi connectivity index (χ1v) is 10.5. The Morgan fingerprint density at radius 1 is 1.19 bits per heavy atom. The van der Waals surface area contributed by atoms with E-state index in [1.807, 2.05) is 24.0 Å². The zero-order valence-corrected chi connectivity index (χ0v) is 18.4. The molecule has 0 amide bonds. The van der Waals surface area contributed by atoms with Crippen molar-refractivity contribution < 1.29 is 18.3 Å². The van der Waals surface area contributed by atoms with E-state index in [0.29, 0.717) is 25.3 Å². The van der Waals surface area contributed by atoms with Crippen LogP contribution in [0.3, 0.4) is 0 Å². The smallest absolute Gasteiger partial charge is 0.390 e. The summed E-state index contributed by atoms with van der Waals surface area (Å²) >= 11 is 0. The lowest BCUT2D eigenvalue weighted by atomic mass is 10.0. The highest BCUT2D eigenvalue weighted by Gasteiger charge is 2.31. The summed E-state index contributed by atoms with van der Waals surface area (Å²) in [6.45, 7) is 3.72. The van der Waals surface area contributed by atoms with Crippen LogP contribution in [0.4, 0.5) is 18.9 Å². The Bertz CT molecular complexity index is 980. The zero-order valence-electron chi connectivity index (χ0n) is 18.4. The number of halogens is 3. The number of alkyl halides is 3. The zero-order chi connectivity index (χ0) is 23.0. The fourth-order valence-corrected chi connectivity index (χ4v) is 4.29. The van der Waals surface area contributed by atoms with Crippen molar-refractivity contribution >= 4 is 5.69 Å². The number of benzene rings is 1. The van der Waals surface area contributed by atoms with Crippen LogP contribution in [0.1, 0.15) is 12.5 Å². The van der Waals surface area contributed by atoms with Crippen molar-refractivity contribution in [3.63, 3.8) is 0 Å². The summed E-state index contributed by atoms with van der Waals surface area (Å²) in [6.07, 6.45) is 4.30. The van der Waals surface area contributed by atoms with Crippen LogP contribution in [0, 0.1) is 0 Å². The van der Waals surface area contributed by atoms with Gasteiger partial charge in [0, 0.05) is 51.0 Å². The average molecular weight is 448 g/mol. The second-order valence-electron chi connectivity index (χ2n) is 8.24. The molecule has 4 rings (SSSR count). The average Bonchev–Trinajstić information content (AvgIpc) is 3.31. The number of nitrogens with zero attached hydrogens (tertiary/aromatic N) is 4. The quantitative estimate of drug-likeness (QED) is 0.699. The van der Waals surface area contributed by atoms with Crippen LogP contribution in [0.5, 0.6) is 0 Å². The molecule has 0 aliphatic carbocycles. The largest absolute Gasteiger partial charge is 0.416 e. The Morgan fingerprint density at radius 2 is 1.91 bits per heavy atom. The van der Waals surface area contributed by atoms with Crippen LogP contribution in [-0.4, -0.2) is 66.4 Å². The Labute approximate surface area is 186 Å². The van der Waals surface area contributed by atoms with Gasteiger partial charge in [-0.25, -0.2) is 5.43 Å². The van der Waals surface area contributed by atoms with Crippen LogP contribution < -0.4 is 10.3 Å². The molecular weight excluding hydrogens is 419 g/mol. The molecule has 2 N–H and O–H groups in total. The number of allylic oxidation sites excluding steroid dienone is 2. The molecule has 0 aromatic heterocycles. The first-order chi connectivity index (χ1) is 15.2. The van der Waals surface area contributed by atoms with Gasteiger partial charge in [-0.05, 0) is 48.4 Å². The normalized spacial score (nSPS) is 20.7.